The van der Waals surface area contributed by atoms with Crippen molar-refractivity contribution in [3.8, 4) is 5.75 Å². The molecule has 1 aromatic rings. The minimum absolute atomic E-state index is 0.0705. The molecule has 3 nitrogen and oxygen atoms in total. The molecule has 0 unspecified atom stereocenters. The van der Waals surface area contributed by atoms with Crippen LogP contribution in [0.25, 0.3) is 0 Å². The van der Waals surface area contributed by atoms with Gasteiger partial charge in [0.15, 0.2) is 11.6 Å². The summed E-state index contributed by atoms with van der Waals surface area (Å²) >= 11 is 0. The average Bonchev–Trinajstić information content (AvgIpc) is 2.09. The summed E-state index contributed by atoms with van der Waals surface area (Å²) in [6, 6.07) is 1.50. The molecule has 0 aromatic heterocycles. The first kappa shape index (κ1) is 11.9. The third-order valence-corrected chi connectivity index (χ3v) is 1.69. The van der Waals surface area contributed by atoms with Crippen LogP contribution in [-0.4, -0.2) is 23.3 Å². The van der Waals surface area contributed by atoms with Crippen LogP contribution >= 0.6 is 0 Å². The Morgan fingerprint density at radius 1 is 1.20 bits per heavy atom. The molecule has 2 N–H and O–H groups in total. The van der Waals surface area contributed by atoms with Crippen LogP contribution in [0.3, 0.4) is 0 Å². The van der Waals surface area contributed by atoms with Crippen LogP contribution in [0.15, 0.2) is 12.1 Å². The fraction of sp³-hybridized carbons (Fsp3) is 0.333. The predicted molar refractivity (Wildman–Crippen MR) is 51.9 cm³/mol. The molecular formula is C9H11BF2O3. The summed E-state index contributed by atoms with van der Waals surface area (Å²) in [6.07, 6.45) is -0.271. The molecule has 6 heteroatoms. The van der Waals surface area contributed by atoms with Crippen molar-refractivity contribution in [1.29, 1.82) is 0 Å². The Balaban J connectivity index is 3.16. The molecule has 0 aliphatic rings. The zero-order chi connectivity index (χ0) is 11.6. The number of rotatable bonds is 3. The van der Waals surface area contributed by atoms with Gasteiger partial charge in [-0.25, -0.2) is 8.78 Å². The highest BCUT2D eigenvalue weighted by atomic mass is 19.2. The second-order valence-electron chi connectivity index (χ2n) is 3.34. The largest absolute Gasteiger partial charge is 0.492 e. The molecule has 82 valence electrons. The first-order valence-electron chi connectivity index (χ1n) is 4.43. The van der Waals surface area contributed by atoms with Gasteiger partial charge in [0.1, 0.15) is 5.75 Å². The minimum atomic E-state index is -1.89. The number of halogens is 2. The van der Waals surface area contributed by atoms with E-state index in [0.29, 0.717) is 6.07 Å². The Kier molecular flexibility index (Phi) is 3.65. The lowest BCUT2D eigenvalue weighted by molar-refractivity contribution is 0.242. The van der Waals surface area contributed by atoms with E-state index in [1.807, 2.05) is 0 Å². The first-order valence-corrected chi connectivity index (χ1v) is 4.43. The Bertz CT molecular complexity index is 355. The molecule has 0 amide bonds. The molecule has 0 saturated carbocycles. The number of ether oxygens (including phenoxy) is 1. The Hall–Kier alpha value is -1.14. The van der Waals surface area contributed by atoms with Crippen LogP contribution in [0.2, 0.25) is 0 Å². The van der Waals surface area contributed by atoms with E-state index >= 15 is 0 Å². The van der Waals surface area contributed by atoms with E-state index in [1.54, 1.807) is 13.8 Å². The molecular weight excluding hydrogens is 205 g/mol. The Morgan fingerprint density at radius 2 is 1.73 bits per heavy atom. The summed E-state index contributed by atoms with van der Waals surface area (Å²) in [7, 11) is -1.89. The van der Waals surface area contributed by atoms with Crippen molar-refractivity contribution < 1.29 is 23.6 Å². The molecule has 0 radical (unpaired) electrons. The lowest BCUT2D eigenvalue weighted by Gasteiger charge is -2.14. The Morgan fingerprint density at radius 3 is 2.20 bits per heavy atom. The van der Waals surface area contributed by atoms with E-state index in [-0.39, 0.29) is 17.3 Å². The van der Waals surface area contributed by atoms with Crippen molar-refractivity contribution in [2.24, 2.45) is 0 Å². The molecule has 0 bridgehead atoms. The van der Waals surface area contributed by atoms with Gasteiger partial charge in [0.2, 0.25) is 0 Å². The zero-order valence-electron chi connectivity index (χ0n) is 8.37. The van der Waals surface area contributed by atoms with Gasteiger partial charge in [-0.2, -0.15) is 0 Å². The van der Waals surface area contributed by atoms with E-state index in [0.717, 1.165) is 6.07 Å². The minimum Gasteiger partial charge on any atom is -0.491 e. The molecule has 1 aromatic carbocycles. The van der Waals surface area contributed by atoms with Gasteiger partial charge in [-0.1, -0.05) is 0 Å². The van der Waals surface area contributed by atoms with Crippen molar-refractivity contribution in [3.05, 3.63) is 23.8 Å². The summed E-state index contributed by atoms with van der Waals surface area (Å²) in [5.74, 6) is -2.30. The second-order valence-corrected chi connectivity index (χ2v) is 3.34. The number of hydrogen-bond acceptors (Lipinski definition) is 3. The van der Waals surface area contributed by atoms with Gasteiger partial charge in [0, 0.05) is 11.5 Å². The molecule has 0 atom stereocenters. The lowest BCUT2D eigenvalue weighted by atomic mass is 9.79. The standard InChI is InChI=1S/C9H11BF2O3/c1-5(2)15-9-4-8(12)7(11)3-6(9)10(13)14/h3-5,13-14H,1-2H3. The highest BCUT2D eigenvalue weighted by Gasteiger charge is 2.21. The highest BCUT2D eigenvalue weighted by molar-refractivity contribution is 6.59. The monoisotopic (exact) mass is 216 g/mol. The summed E-state index contributed by atoms with van der Waals surface area (Å²) in [5, 5.41) is 17.8. The highest BCUT2D eigenvalue weighted by Crippen LogP contribution is 2.15. The van der Waals surface area contributed by atoms with Gasteiger partial charge < -0.3 is 14.8 Å². The van der Waals surface area contributed by atoms with Crippen molar-refractivity contribution in [1.82, 2.24) is 0 Å². The maximum absolute atomic E-state index is 12.9. The van der Waals surface area contributed by atoms with E-state index in [9.17, 15) is 8.78 Å². The predicted octanol–water partition coefficient (Wildman–Crippen LogP) is 0.432. The van der Waals surface area contributed by atoms with Crippen LogP contribution in [0.5, 0.6) is 5.75 Å². The summed E-state index contributed by atoms with van der Waals surface area (Å²) in [4.78, 5) is 0. The van der Waals surface area contributed by atoms with Gasteiger partial charge in [-0.15, -0.1) is 0 Å². The molecule has 0 aliphatic carbocycles. The van der Waals surface area contributed by atoms with Gasteiger partial charge in [-0.05, 0) is 19.9 Å². The fourth-order valence-corrected chi connectivity index (χ4v) is 1.10. The number of hydrogen-bond donors (Lipinski definition) is 2. The number of benzene rings is 1. The van der Waals surface area contributed by atoms with Crippen LogP contribution in [-0.2, 0) is 0 Å². The fourth-order valence-electron chi connectivity index (χ4n) is 1.10. The second kappa shape index (κ2) is 4.59. The zero-order valence-corrected chi connectivity index (χ0v) is 8.37. The van der Waals surface area contributed by atoms with Crippen LogP contribution in [0.1, 0.15) is 13.8 Å². The SMILES string of the molecule is CC(C)Oc1cc(F)c(F)cc1B(O)O. The smallest absolute Gasteiger partial charge is 0.491 e. The van der Waals surface area contributed by atoms with E-state index in [1.165, 1.54) is 0 Å². The first-order chi connectivity index (χ1) is 6.91. The van der Waals surface area contributed by atoms with Crippen LogP contribution < -0.4 is 10.2 Å². The molecule has 0 spiro atoms. The van der Waals surface area contributed by atoms with Crippen molar-refractivity contribution >= 4 is 12.6 Å². The van der Waals surface area contributed by atoms with Gasteiger partial charge in [0.05, 0.1) is 6.10 Å². The third kappa shape index (κ3) is 2.90. The van der Waals surface area contributed by atoms with E-state index in [2.05, 4.69) is 0 Å². The van der Waals surface area contributed by atoms with Crippen molar-refractivity contribution in [2.45, 2.75) is 20.0 Å². The van der Waals surface area contributed by atoms with Crippen molar-refractivity contribution in [3.63, 3.8) is 0 Å². The molecule has 1 rings (SSSR count). The van der Waals surface area contributed by atoms with Crippen LogP contribution in [0, 0.1) is 11.6 Å². The molecule has 0 heterocycles. The summed E-state index contributed by atoms with van der Waals surface area (Å²) in [6.45, 7) is 3.38. The summed E-state index contributed by atoms with van der Waals surface area (Å²) < 4.78 is 30.8. The van der Waals surface area contributed by atoms with Gasteiger partial charge in [0.25, 0.3) is 0 Å². The normalized spacial score (nSPS) is 10.6. The van der Waals surface area contributed by atoms with Gasteiger partial charge in [-0.3, -0.25) is 0 Å². The summed E-state index contributed by atoms with van der Waals surface area (Å²) in [5.41, 5.74) is -0.192. The Labute approximate surface area is 86.5 Å². The van der Waals surface area contributed by atoms with Crippen molar-refractivity contribution in [2.75, 3.05) is 0 Å². The van der Waals surface area contributed by atoms with E-state index < -0.39 is 18.8 Å². The third-order valence-electron chi connectivity index (χ3n) is 1.69. The van der Waals surface area contributed by atoms with Gasteiger partial charge >= 0.3 is 7.12 Å². The van der Waals surface area contributed by atoms with Crippen LogP contribution in [0.4, 0.5) is 8.78 Å². The lowest BCUT2D eigenvalue weighted by Crippen LogP contribution is -2.33. The molecule has 0 aliphatic heterocycles. The molecule has 0 fully saturated rings. The maximum atomic E-state index is 12.9. The molecule has 15 heavy (non-hydrogen) atoms. The quantitative estimate of drug-likeness (QED) is 0.720. The van der Waals surface area contributed by atoms with E-state index in [4.69, 9.17) is 14.8 Å². The topological polar surface area (TPSA) is 49.7 Å². The average molecular weight is 216 g/mol. The maximum Gasteiger partial charge on any atom is 0.492 e. The molecule has 0 saturated heterocycles.